The van der Waals surface area contributed by atoms with Crippen molar-refractivity contribution in [2.75, 3.05) is 0 Å². The highest BCUT2D eigenvalue weighted by molar-refractivity contribution is 7.09. The number of carbonyl (C=O) groups is 1. The highest BCUT2D eigenvalue weighted by Crippen LogP contribution is 2.14. The van der Waals surface area contributed by atoms with Crippen LogP contribution in [0.1, 0.15) is 41.8 Å². The smallest absolute Gasteiger partial charge is 0.220 e. The molecule has 0 fully saturated rings. The van der Waals surface area contributed by atoms with Crippen LogP contribution in [0, 0.1) is 6.92 Å². The van der Waals surface area contributed by atoms with E-state index in [1.54, 1.807) is 11.3 Å². The molecule has 1 atom stereocenters. The second kappa shape index (κ2) is 7.25. The summed E-state index contributed by atoms with van der Waals surface area (Å²) in [6.45, 7) is 4.10. The molecule has 0 saturated carbocycles. The number of nitrogens with one attached hydrogen (secondary N) is 1. The quantitative estimate of drug-likeness (QED) is 0.845. The Hall–Kier alpha value is -1.61. The first-order valence-electron chi connectivity index (χ1n) is 7.03. The second-order valence-corrected chi connectivity index (χ2v) is 6.17. The number of aryl methyl sites for hydroxylation is 2. The Morgan fingerprint density at radius 2 is 2.00 bits per heavy atom. The molecule has 1 amide bonds. The van der Waals surface area contributed by atoms with Crippen molar-refractivity contribution >= 4 is 17.2 Å². The van der Waals surface area contributed by atoms with Crippen LogP contribution in [0.15, 0.2) is 41.8 Å². The van der Waals surface area contributed by atoms with Crippen LogP contribution in [-0.2, 0) is 11.2 Å². The lowest BCUT2D eigenvalue weighted by Crippen LogP contribution is -2.26. The molecule has 0 spiro atoms. The molecule has 2 rings (SSSR count). The number of hydrogen-bond donors (Lipinski definition) is 1. The van der Waals surface area contributed by atoms with Gasteiger partial charge in [0.05, 0.1) is 6.04 Å². The largest absolute Gasteiger partial charge is 0.350 e. The van der Waals surface area contributed by atoms with Crippen molar-refractivity contribution in [2.24, 2.45) is 0 Å². The van der Waals surface area contributed by atoms with Crippen LogP contribution in [0.5, 0.6) is 0 Å². The molecule has 3 heteroatoms. The van der Waals surface area contributed by atoms with Crippen LogP contribution >= 0.6 is 11.3 Å². The third-order valence-electron chi connectivity index (χ3n) is 3.36. The standard InChI is InChI=1S/C17H21NOS/c1-13-8-10-15(11-9-13)14(2)18-17(19)7-3-5-16-6-4-12-20-16/h4,6,8-12,14H,3,5,7H2,1-2H3,(H,18,19). The van der Waals surface area contributed by atoms with Crippen molar-refractivity contribution in [2.45, 2.75) is 39.2 Å². The third kappa shape index (κ3) is 4.49. The van der Waals surface area contributed by atoms with Gasteiger partial charge in [-0.2, -0.15) is 0 Å². The highest BCUT2D eigenvalue weighted by Gasteiger charge is 2.09. The molecule has 0 radical (unpaired) electrons. The number of amides is 1. The Morgan fingerprint density at radius 1 is 1.25 bits per heavy atom. The summed E-state index contributed by atoms with van der Waals surface area (Å²) in [4.78, 5) is 13.3. The normalized spacial score (nSPS) is 12.1. The average Bonchev–Trinajstić information content (AvgIpc) is 2.92. The summed E-state index contributed by atoms with van der Waals surface area (Å²) in [7, 11) is 0. The van der Waals surface area contributed by atoms with E-state index >= 15 is 0 Å². The monoisotopic (exact) mass is 287 g/mol. The van der Waals surface area contributed by atoms with Crippen LogP contribution in [0.4, 0.5) is 0 Å². The second-order valence-electron chi connectivity index (χ2n) is 5.13. The lowest BCUT2D eigenvalue weighted by Gasteiger charge is -2.14. The summed E-state index contributed by atoms with van der Waals surface area (Å²) in [5.41, 5.74) is 2.39. The summed E-state index contributed by atoms with van der Waals surface area (Å²) in [5.74, 6) is 0.134. The molecule has 0 bridgehead atoms. The molecule has 2 nitrogen and oxygen atoms in total. The van der Waals surface area contributed by atoms with Gasteiger partial charge in [0, 0.05) is 11.3 Å². The molecule has 1 aromatic heterocycles. The van der Waals surface area contributed by atoms with Crippen molar-refractivity contribution in [3.63, 3.8) is 0 Å². The molecule has 106 valence electrons. The first-order chi connectivity index (χ1) is 9.65. The summed E-state index contributed by atoms with van der Waals surface area (Å²) in [5, 5.41) is 5.14. The van der Waals surface area contributed by atoms with E-state index in [0.717, 1.165) is 18.4 Å². The summed E-state index contributed by atoms with van der Waals surface area (Å²) >= 11 is 1.75. The number of hydrogen-bond acceptors (Lipinski definition) is 2. The van der Waals surface area contributed by atoms with E-state index in [-0.39, 0.29) is 11.9 Å². The molecule has 20 heavy (non-hydrogen) atoms. The van der Waals surface area contributed by atoms with Gasteiger partial charge in [0.15, 0.2) is 0 Å². The van der Waals surface area contributed by atoms with Gasteiger partial charge in [-0.15, -0.1) is 11.3 Å². The predicted octanol–water partition coefficient (Wildman–Crippen LogP) is 4.26. The van der Waals surface area contributed by atoms with Crippen molar-refractivity contribution in [3.05, 3.63) is 57.8 Å². The van der Waals surface area contributed by atoms with Gasteiger partial charge in [0.1, 0.15) is 0 Å². The molecule has 0 saturated heterocycles. The van der Waals surface area contributed by atoms with Crippen LogP contribution < -0.4 is 5.32 Å². The first-order valence-corrected chi connectivity index (χ1v) is 7.91. The average molecular weight is 287 g/mol. The van der Waals surface area contributed by atoms with Gasteiger partial charge in [-0.3, -0.25) is 4.79 Å². The molecule has 1 aromatic carbocycles. The van der Waals surface area contributed by atoms with Crippen LogP contribution in [0.2, 0.25) is 0 Å². The molecule has 1 unspecified atom stereocenters. The zero-order valence-electron chi connectivity index (χ0n) is 12.1. The fraction of sp³-hybridized carbons (Fsp3) is 0.353. The van der Waals surface area contributed by atoms with E-state index in [0.29, 0.717) is 6.42 Å². The van der Waals surface area contributed by atoms with Crippen LogP contribution in [0.25, 0.3) is 0 Å². The van der Waals surface area contributed by atoms with Gasteiger partial charge in [-0.25, -0.2) is 0 Å². The van der Waals surface area contributed by atoms with E-state index in [2.05, 4.69) is 54.0 Å². The van der Waals surface area contributed by atoms with E-state index in [4.69, 9.17) is 0 Å². The minimum atomic E-state index is 0.0739. The Balaban J connectivity index is 1.74. The number of rotatable bonds is 6. The van der Waals surface area contributed by atoms with Crippen molar-refractivity contribution in [3.8, 4) is 0 Å². The zero-order chi connectivity index (χ0) is 14.4. The lowest BCUT2D eigenvalue weighted by atomic mass is 10.1. The maximum absolute atomic E-state index is 11.9. The van der Waals surface area contributed by atoms with Gasteiger partial charge in [-0.05, 0) is 43.7 Å². The SMILES string of the molecule is Cc1ccc(C(C)NC(=O)CCCc2cccs2)cc1. The van der Waals surface area contributed by atoms with Crippen molar-refractivity contribution in [1.29, 1.82) is 0 Å². The van der Waals surface area contributed by atoms with Gasteiger partial charge >= 0.3 is 0 Å². The number of thiophene rings is 1. The van der Waals surface area contributed by atoms with Crippen molar-refractivity contribution < 1.29 is 4.79 Å². The Labute approximate surface area is 124 Å². The molecule has 0 aliphatic heterocycles. The minimum absolute atomic E-state index is 0.0739. The molecular weight excluding hydrogens is 266 g/mol. The summed E-state index contributed by atoms with van der Waals surface area (Å²) < 4.78 is 0. The van der Waals surface area contributed by atoms with E-state index in [9.17, 15) is 4.79 Å². The molecular formula is C17H21NOS. The molecule has 1 heterocycles. The Morgan fingerprint density at radius 3 is 2.65 bits per heavy atom. The highest BCUT2D eigenvalue weighted by atomic mass is 32.1. The topological polar surface area (TPSA) is 29.1 Å². The fourth-order valence-corrected chi connectivity index (χ4v) is 2.88. The Bertz CT molecular complexity index is 531. The number of benzene rings is 1. The molecule has 1 N–H and O–H groups in total. The lowest BCUT2D eigenvalue weighted by molar-refractivity contribution is -0.121. The summed E-state index contributed by atoms with van der Waals surface area (Å²) in [6.07, 6.45) is 2.49. The van der Waals surface area contributed by atoms with E-state index < -0.39 is 0 Å². The molecule has 2 aromatic rings. The first kappa shape index (κ1) is 14.8. The Kier molecular flexibility index (Phi) is 5.36. The van der Waals surface area contributed by atoms with E-state index in [1.807, 2.05) is 6.92 Å². The van der Waals surface area contributed by atoms with Gasteiger partial charge in [0.2, 0.25) is 5.91 Å². The van der Waals surface area contributed by atoms with Gasteiger partial charge in [-0.1, -0.05) is 35.9 Å². The predicted molar refractivity (Wildman–Crippen MR) is 85.0 cm³/mol. The molecule has 0 aliphatic carbocycles. The zero-order valence-corrected chi connectivity index (χ0v) is 12.9. The van der Waals surface area contributed by atoms with Crippen LogP contribution in [0.3, 0.4) is 0 Å². The summed E-state index contributed by atoms with van der Waals surface area (Å²) in [6, 6.07) is 12.6. The van der Waals surface area contributed by atoms with Gasteiger partial charge < -0.3 is 5.32 Å². The number of carbonyl (C=O) groups excluding carboxylic acids is 1. The third-order valence-corrected chi connectivity index (χ3v) is 4.30. The van der Waals surface area contributed by atoms with Crippen molar-refractivity contribution in [1.82, 2.24) is 5.32 Å². The fourth-order valence-electron chi connectivity index (χ4n) is 2.13. The molecule has 0 aliphatic rings. The van der Waals surface area contributed by atoms with Gasteiger partial charge in [0.25, 0.3) is 0 Å². The van der Waals surface area contributed by atoms with E-state index in [1.165, 1.54) is 10.4 Å². The van der Waals surface area contributed by atoms with Crippen LogP contribution in [-0.4, -0.2) is 5.91 Å². The maximum Gasteiger partial charge on any atom is 0.220 e. The maximum atomic E-state index is 11.9. The minimum Gasteiger partial charge on any atom is -0.350 e.